The fraction of sp³-hybridized carbons (Fsp3) is 0.200. The number of aryl methyl sites for hydroxylation is 2. The number of amides is 1. The molecule has 0 N–H and O–H groups in total. The minimum atomic E-state index is -0.443. The summed E-state index contributed by atoms with van der Waals surface area (Å²) in [6, 6.07) is 19.9. The van der Waals surface area contributed by atoms with Gasteiger partial charge in [-0.3, -0.25) is 14.3 Å². The van der Waals surface area contributed by atoms with E-state index in [4.69, 9.17) is 0 Å². The van der Waals surface area contributed by atoms with Gasteiger partial charge in [-0.25, -0.2) is 0 Å². The molecule has 0 aliphatic rings. The van der Waals surface area contributed by atoms with Crippen LogP contribution in [0.3, 0.4) is 0 Å². The van der Waals surface area contributed by atoms with E-state index < -0.39 is 5.25 Å². The Balaban J connectivity index is 1.86. The van der Waals surface area contributed by atoms with Gasteiger partial charge in [-0.15, -0.1) is 10.2 Å². The van der Waals surface area contributed by atoms with Crippen molar-refractivity contribution in [3.8, 4) is 17.1 Å². The molecule has 0 fully saturated rings. The van der Waals surface area contributed by atoms with Crippen molar-refractivity contribution in [3.05, 3.63) is 89.7 Å². The van der Waals surface area contributed by atoms with Crippen molar-refractivity contribution < 1.29 is 4.79 Å². The molecule has 1 unspecified atom stereocenters. The quantitative estimate of drug-likeness (QED) is 0.398. The molecule has 32 heavy (non-hydrogen) atoms. The summed E-state index contributed by atoms with van der Waals surface area (Å²) in [6.07, 6.45) is 3.51. The Kier molecular flexibility index (Phi) is 6.37. The minimum Gasteiger partial charge on any atom is -0.348 e. The number of hydrogen-bond acceptors (Lipinski definition) is 5. The smallest absolute Gasteiger partial charge is 0.240 e. The van der Waals surface area contributed by atoms with Crippen LogP contribution in [0.15, 0.2) is 78.2 Å². The Labute approximate surface area is 192 Å². The highest BCUT2D eigenvalue weighted by Crippen LogP contribution is 2.38. The van der Waals surface area contributed by atoms with E-state index >= 15 is 0 Å². The zero-order valence-electron chi connectivity index (χ0n) is 18.6. The Morgan fingerprint density at radius 2 is 1.78 bits per heavy atom. The number of carbonyl (C=O) groups is 1. The lowest BCUT2D eigenvalue weighted by atomic mass is 10.1. The van der Waals surface area contributed by atoms with Crippen LogP contribution in [-0.2, 0) is 4.79 Å². The van der Waals surface area contributed by atoms with E-state index in [1.807, 2.05) is 47.0 Å². The third-order valence-corrected chi connectivity index (χ3v) is 6.32. The standard InChI is InChI=1S/C25H25N5OS/c1-17-12-13-21(18(2)15-17)30-23(20-11-8-14-26-16-20)27-28-25(30)32-22(24(31)29(3)4)19-9-6-5-7-10-19/h5-16,22H,1-4H3. The highest BCUT2D eigenvalue weighted by molar-refractivity contribution is 8.00. The molecular weight excluding hydrogens is 418 g/mol. The maximum atomic E-state index is 13.1. The van der Waals surface area contributed by atoms with Crippen LogP contribution < -0.4 is 0 Å². The molecule has 0 aliphatic carbocycles. The zero-order valence-corrected chi connectivity index (χ0v) is 19.4. The van der Waals surface area contributed by atoms with Gasteiger partial charge >= 0.3 is 0 Å². The third-order valence-electron chi connectivity index (χ3n) is 5.14. The molecular formula is C25H25N5OS. The van der Waals surface area contributed by atoms with E-state index in [2.05, 4.69) is 47.2 Å². The number of aromatic nitrogens is 4. The normalized spacial score (nSPS) is 11.9. The lowest BCUT2D eigenvalue weighted by molar-refractivity contribution is -0.128. The van der Waals surface area contributed by atoms with E-state index in [1.165, 1.54) is 17.3 Å². The van der Waals surface area contributed by atoms with Crippen molar-refractivity contribution in [2.24, 2.45) is 0 Å². The Morgan fingerprint density at radius 1 is 1.00 bits per heavy atom. The predicted octanol–water partition coefficient (Wildman–Crippen LogP) is 4.87. The van der Waals surface area contributed by atoms with Crippen molar-refractivity contribution in [1.82, 2.24) is 24.6 Å². The van der Waals surface area contributed by atoms with E-state index in [9.17, 15) is 4.79 Å². The summed E-state index contributed by atoms with van der Waals surface area (Å²) in [7, 11) is 3.55. The van der Waals surface area contributed by atoms with E-state index in [0.717, 1.165) is 22.4 Å². The molecule has 2 heterocycles. The van der Waals surface area contributed by atoms with Crippen LogP contribution in [0.5, 0.6) is 0 Å². The molecule has 0 aliphatic heterocycles. The Morgan fingerprint density at radius 3 is 2.44 bits per heavy atom. The molecule has 2 aromatic carbocycles. The van der Waals surface area contributed by atoms with Gasteiger partial charge in [-0.05, 0) is 43.2 Å². The van der Waals surface area contributed by atoms with Crippen molar-refractivity contribution >= 4 is 17.7 Å². The van der Waals surface area contributed by atoms with Crippen molar-refractivity contribution in [3.63, 3.8) is 0 Å². The first-order valence-corrected chi connectivity index (χ1v) is 11.2. The molecule has 0 bridgehead atoms. The molecule has 0 radical (unpaired) electrons. The maximum Gasteiger partial charge on any atom is 0.240 e. The van der Waals surface area contributed by atoms with Crippen LogP contribution >= 0.6 is 11.8 Å². The summed E-state index contributed by atoms with van der Waals surface area (Å²) >= 11 is 1.41. The highest BCUT2D eigenvalue weighted by atomic mass is 32.2. The fourth-order valence-electron chi connectivity index (χ4n) is 3.53. The van der Waals surface area contributed by atoms with Crippen LogP contribution in [0.25, 0.3) is 17.1 Å². The fourth-order valence-corrected chi connectivity index (χ4v) is 4.72. The van der Waals surface area contributed by atoms with E-state index in [0.29, 0.717) is 11.0 Å². The van der Waals surface area contributed by atoms with E-state index in [-0.39, 0.29) is 5.91 Å². The molecule has 0 saturated heterocycles. The average Bonchev–Trinajstić information content (AvgIpc) is 3.21. The first-order chi connectivity index (χ1) is 15.5. The molecule has 2 aromatic heterocycles. The second-order valence-corrected chi connectivity index (χ2v) is 8.89. The lowest BCUT2D eigenvalue weighted by Crippen LogP contribution is -2.27. The summed E-state index contributed by atoms with van der Waals surface area (Å²) in [5, 5.41) is 9.23. The first-order valence-electron chi connectivity index (χ1n) is 10.3. The molecule has 1 atom stereocenters. The maximum absolute atomic E-state index is 13.1. The monoisotopic (exact) mass is 443 g/mol. The molecule has 4 aromatic rings. The van der Waals surface area contributed by atoms with Crippen LogP contribution in [0.2, 0.25) is 0 Å². The van der Waals surface area contributed by atoms with Gasteiger partial charge in [0, 0.05) is 32.1 Å². The van der Waals surface area contributed by atoms with Crippen molar-refractivity contribution in [2.75, 3.05) is 14.1 Å². The summed E-state index contributed by atoms with van der Waals surface area (Å²) < 4.78 is 2.02. The molecule has 4 rings (SSSR count). The third kappa shape index (κ3) is 4.43. The van der Waals surface area contributed by atoms with Crippen LogP contribution in [0, 0.1) is 13.8 Å². The number of nitrogens with zero attached hydrogens (tertiary/aromatic N) is 5. The number of likely N-dealkylation sites (N-methyl/N-ethyl adjacent to an activating group) is 1. The van der Waals surface area contributed by atoms with Crippen LogP contribution in [-0.4, -0.2) is 44.7 Å². The number of rotatable bonds is 6. The Hall–Kier alpha value is -3.45. The molecule has 6 nitrogen and oxygen atoms in total. The predicted molar refractivity (Wildman–Crippen MR) is 128 cm³/mol. The van der Waals surface area contributed by atoms with Crippen LogP contribution in [0.4, 0.5) is 0 Å². The van der Waals surface area contributed by atoms with Crippen molar-refractivity contribution in [2.45, 2.75) is 24.3 Å². The molecule has 1 amide bonds. The highest BCUT2D eigenvalue weighted by Gasteiger charge is 2.28. The second-order valence-electron chi connectivity index (χ2n) is 7.81. The van der Waals surface area contributed by atoms with E-state index in [1.54, 1.807) is 31.4 Å². The second kappa shape index (κ2) is 9.36. The summed E-state index contributed by atoms with van der Waals surface area (Å²) in [4.78, 5) is 19.0. The average molecular weight is 444 g/mol. The number of carbonyl (C=O) groups excluding carboxylic acids is 1. The van der Waals surface area contributed by atoms with Crippen molar-refractivity contribution in [1.29, 1.82) is 0 Å². The summed E-state index contributed by atoms with van der Waals surface area (Å²) in [5.74, 6) is 0.691. The number of benzene rings is 2. The van der Waals surface area contributed by atoms with Gasteiger partial charge in [0.2, 0.25) is 5.91 Å². The van der Waals surface area contributed by atoms with Gasteiger partial charge in [0.15, 0.2) is 11.0 Å². The van der Waals surface area contributed by atoms with Gasteiger partial charge in [-0.2, -0.15) is 0 Å². The minimum absolute atomic E-state index is 0.000643. The first kappa shape index (κ1) is 21.8. The van der Waals surface area contributed by atoms with Crippen LogP contribution in [0.1, 0.15) is 21.9 Å². The number of thioether (sulfide) groups is 1. The zero-order chi connectivity index (χ0) is 22.7. The molecule has 0 spiro atoms. The van der Waals surface area contributed by atoms with Gasteiger partial charge in [0.05, 0.1) is 5.69 Å². The van der Waals surface area contributed by atoms with Gasteiger partial charge in [0.25, 0.3) is 0 Å². The lowest BCUT2D eigenvalue weighted by Gasteiger charge is -2.21. The largest absolute Gasteiger partial charge is 0.348 e. The number of hydrogen-bond donors (Lipinski definition) is 0. The Bertz CT molecular complexity index is 1220. The summed E-state index contributed by atoms with van der Waals surface area (Å²) in [5.41, 5.74) is 5.05. The van der Waals surface area contributed by atoms with Gasteiger partial charge in [0.1, 0.15) is 5.25 Å². The van der Waals surface area contributed by atoms with Gasteiger partial charge < -0.3 is 4.90 Å². The SMILES string of the molecule is Cc1ccc(-n2c(SC(C(=O)N(C)C)c3ccccc3)nnc2-c2cccnc2)c(C)c1. The molecule has 162 valence electrons. The molecule has 0 saturated carbocycles. The summed E-state index contributed by atoms with van der Waals surface area (Å²) in [6.45, 7) is 4.14. The number of pyridine rings is 1. The topological polar surface area (TPSA) is 63.9 Å². The molecule has 7 heteroatoms. The van der Waals surface area contributed by atoms with Gasteiger partial charge in [-0.1, -0.05) is 59.8 Å².